The maximum atomic E-state index is 12.4. The van der Waals surface area contributed by atoms with Crippen LogP contribution in [0.4, 0.5) is 0 Å². The van der Waals surface area contributed by atoms with E-state index in [9.17, 15) is 4.79 Å². The van der Waals surface area contributed by atoms with Crippen molar-refractivity contribution >= 4 is 0 Å². The predicted molar refractivity (Wildman–Crippen MR) is 91.8 cm³/mol. The van der Waals surface area contributed by atoms with Gasteiger partial charge in [-0.05, 0) is 44.2 Å². The summed E-state index contributed by atoms with van der Waals surface area (Å²) in [5.74, 6) is 1.60. The Hall–Kier alpha value is -2.15. The van der Waals surface area contributed by atoms with Crippen LogP contribution >= 0.6 is 0 Å². The molecule has 0 radical (unpaired) electrons. The van der Waals surface area contributed by atoms with Crippen LogP contribution in [0.25, 0.3) is 5.95 Å². The third-order valence-corrected chi connectivity index (χ3v) is 4.46. The van der Waals surface area contributed by atoms with Crippen LogP contribution in [0.2, 0.25) is 0 Å². The first-order valence-electron chi connectivity index (χ1n) is 8.61. The fourth-order valence-corrected chi connectivity index (χ4v) is 3.07. The lowest BCUT2D eigenvalue weighted by molar-refractivity contribution is 0.242. The van der Waals surface area contributed by atoms with Crippen LogP contribution in [0.5, 0.6) is 5.88 Å². The van der Waals surface area contributed by atoms with Crippen molar-refractivity contribution in [3.05, 3.63) is 34.6 Å². The highest BCUT2D eigenvalue weighted by atomic mass is 16.5. The van der Waals surface area contributed by atoms with Crippen LogP contribution in [0.15, 0.2) is 23.5 Å². The number of ether oxygens (including phenoxy) is 1. The molecule has 1 aliphatic rings. The number of nitrogens with zero attached hydrogens (tertiary/aromatic N) is 3. The Kier molecular flexibility index (Phi) is 5.30. The lowest BCUT2D eigenvalue weighted by Gasteiger charge is -2.22. The van der Waals surface area contributed by atoms with E-state index in [4.69, 9.17) is 4.74 Å². The Morgan fingerprint density at radius 3 is 2.83 bits per heavy atom. The van der Waals surface area contributed by atoms with E-state index in [1.807, 2.05) is 13.8 Å². The number of H-pyrrole nitrogens is 1. The van der Waals surface area contributed by atoms with Crippen molar-refractivity contribution in [3.63, 3.8) is 0 Å². The topological polar surface area (TPSA) is 84.8 Å². The van der Waals surface area contributed by atoms with Gasteiger partial charge in [0.2, 0.25) is 11.8 Å². The van der Waals surface area contributed by atoms with Gasteiger partial charge in [0.15, 0.2) is 0 Å². The van der Waals surface area contributed by atoms with Crippen LogP contribution in [0.1, 0.15) is 44.6 Å². The summed E-state index contributed by atoms with van der Waals surface area (Å²) in [4.78, 5) is 23.8. The molecule has 130 valence electrons. The molecule has 24 heavy (non-hydrogen) atoms. The van der Waals surface area contributed by atoms with Gasteiger partial charge in [0.05, 0.1) is 12.2 Å². The molecular formula is C17H25N5O2. The maximum absolute atomic E-state index is 12.4. The molecular weight excluding hydrogens is 306 g/mol. The molecule has 2 aromatic heterocycles. The Bertz CT molecular complexity index is 702. The van der Waals surface area contributed by atoms with Gasteiger partial charge in [0.1, 0.15) is 6.33 Å². The zero-order chi connectivity index (χ0) is 16.9. The number of aromatic amines is 1. The van der Waals surface area contributed by atoms with Crippen molar-refractivity contribution in [2.75, 3.05) is 19.7 Å². The van der Waals surface area contributed by atoms with Crippen LogP contribution in [-0.4, -0.2) is 39.2 Å². The number of hydrogen-bond acceptors (Lipinski definition) is 5. The van der Waals surface area contributed by atoms with Crippen molar-refractivity contribution in [1.29, 1.82) is 0 Å². The normalized spacial score (nSPS) is 15.8. The van der Waals surface area contributed by atoms with Gasteiger partial charge < -0.3 is 10.1 Å². The van der Waals surface area contributed by atoms with E-state index >= 15 is 0 Å². The highest BCUT2D eigenvalue weighted by Gasteiger charge is 2.18. The molecule has 0 atom stereocenters. The molecule has 0 aromatic carbocycles. The minimum Gasteiger partial charge on any atom is -0.477 e. The molecule has 1 fully saturated rings. The van der Waals surface area contributed by atoms with E-state index in [-0.39, 0.29) is 11.5 Å². The summed E-state index contributed by atoms with van der Waals surface area (Å²) in [6.07, 6.45) is 8.35. The second kappa shape index (κ2) is 7.61. The van der Waals surface area contributed by atoms with Crippen molar-refractivity contribution in [3.8, 4) is 11.8 Å². The Labute approximate surface area is 141 Å². The maximum Gasteiger partial charge on any atom is 0.259 e. The second-order valence-corrected chi connectivity index (χ2v) is 6.56. The van der Waals surface area contributed by atoms with Crippen LogP contribution < -0.4 is 15.6 Å². The largest absolute Gasteiger partial charge is 0.477 e. The smallest absolute Gasteiger partial charge is 0.259 e. The SMILES string of the molecule is CC(C)c1c(OCCC2CCNCC2)nc(-n2ccnc2)[nH]c1=O. The third kappa shape index (κ3) is 3.84. The van der Waals surface area contributed by atoms with E-state index in [0.717, 1.165) is 19.5 Å². The van der Waals surface area contributed by atoms with Gasteiger partial charge in [-0.2, -0.15) is 4.98 Å². The number of piperidine rings is 1. The van der Waals surface area contributed by atoms with E-state index < -0.39 is 0 Å². The molecule has 2 N–H and O–H groups in total. The summed E-state index contributed by atoms with van der Waals surface area (Å²) in [7, 11) is 0. The van der Waals surface area contributed by atoms with Crippen molar-refractivity contribution in [2.24, 2.45) is 5.92 Å². The summed E-state index contributed by atoms with van der Waals surface area (Å²) in [6.45, 7) is 6.70. The molecule has 3 heterocycles. The lowest BCUT2D eigenvalue weighted by atomic mass is 9.95. The zero-order valence-electron chi connectivity index (χ0n) is 14.3. The Balaban J connectivity index is 1.77. The summed E-state index contributed by atoms with van der Waals surface area (Å²) in [5, 5.41) is 3.37. The zero-order valence-corrected chi connectivity index (χ0v) is 14.3. The lowest BCUT2D eigenvalue weighted by Crippen LogP contribution is -2.28. The van der Waals surface area contributed by atoms with Gasteiger partial charge in [0, 0.05) is 12.4 Å². The standard InChI is InChI=1S/C17H25N5O2/c1-12(2)14-15(23)20-17(22-9-8-19-11-22)21-16(14)24-10-5-13-3-6-18-7-4-13/h8-9,11-13,18H,3-7,10H2,1-2H3,(H,20,21,23). The summed E-state index contributed by atoms with van der Waals surface area (Å²) < 4.78 is 7.61. The number of hydrogen-bond donors (Lipinski definition) is 2. The molecule has 2 aromatic rings. The molecule has 1 saturated heterocycles. The van der Waals surface area contributed by atoms with Gasteiger partial charge in [-0.3, -0.25) is 14.3 Å². The van der Waals surface area contributed by atoms with Gasteiger partial charge in [-0.15, -0.1) is 0 Å². The van der Waals surface area contributed by atoms with E-state index in [1.165, 1.54) is 12.8 Å². The molecule has 0 saturated carbocycles. The van der Waals surface area contributed by atoms with Crippen LogP contribution in [0, 0.1) is 5.92 Å². The molecule has 7 heteroatoms. The predicted octanol–water partition coefficient (Wildman–Crippen LogP) is 1.85. The molecule has 0 aliphatic carbocycles. The minimum absolute atomic E-state index is 0.0481. The van der Waals surface area contributed by atoms with E-state index in [1.54, 1.807) is 23.3 Å². The fourth-order valence-electron chi connectivity index (χ4n) is 3.07. The number of rotatable bonds is 6. The molecule has 0 unspecified atom stereocenters. The first-order valence-corrected chi connectivity index (χ1v) is 8.61. The van der Waals surface area contributed by atoms with E-state index in [0.29, 0.717) is 29.9 Å². The average Bonchev–Trinajstić information content (AvgIpc) is 3.09. The van der Waals surface area contributed by atoms with Crippen molar-refractivity contribution < 1.29 is 4.74 Å². The first-order chi connectivity index (χ1) is 11.6. The van der Waals surface area contributed by atoms with E-state index in [2.05, 4.69) is 20.3 Å². The molecule has 1 aliphatic heterocycles. The van der Waals surface area contributed by atoms with Gasteiger partial charge in [-0.1, -0.05) is 13.8 Å². The molecule has 0 spiro atoms. The summed E-state index contributed by atoms with van der Waals surface area (Å²) in [5.41, 5.74) is 0.449. The van der Waals surface area contributed by atoms with Gasteiger partial charge in [0.25, 0.3) is 5.56 Å². The van der Waals surface area contributed by atoms with Gasteiger partial charge >= 0.3 is 0 Å². The molecule has 0 amide bonds. The minimum atomic E-state index is -0.152. The highest BCUT2D eigenvalue weighted by molar-refractivity contribution is 5.30. The average molecular weight is 331 g/mol. The number of nitrogens with one attached hydrogen (secondary N) is 2. The monoisotopic (exact) mass is 331 g/mol. The molecule has 0 bridgehead atoms. The number of aromatic nitrogens is 4. The van der Waals surface area contributed by atoms with Crippen molar-refractivity contribution in [2.45, 2.75) is 39.0 Å². The second-order valence-electron chi connectivity index (χ2n) is 6.56. The first kappa shape index (κ1) is 16.7. The summed E-state index contributed by atoms with van der Waals surface area (Å²) in [6, 6.07) is 0. The van der Waals surface area contributed by atoms with Gasteiger partial charge in [-0.25, -0.2) is 4.98 Å². The molecule has 7 nitrogen and oxygen atoms in total. The fraction of sp³-hybridized carbons (Fsp3) is 0.588. The van der Waals surface area contributed by atoms with Crippen molar-refractivity contribution in [1.82, 2.24) is 24.8 Å². The highest BCUT2D eigenvalue weighted by Crippen LogP contribution is 2.22. The van der Waals surface area contributed by atoms with Crippen LogP contribution in [0.3, 0.4) is 0 Å². The molecule has 3 rings (SSSR count). The Morgan fingerprint density at radius 1 is 1.38 bits per heavy atom. The third-order valence-electron chi connectivity index (χ3n) is 4.46. The summed E-state index contributed by atoms with van der Waals surface area (Å²) >= 11 is 0. The van der Waals surface area contributed by atoms with Crippen LogP contribution in [-0.2, 0) is 0 Å². The quantitative estimate of drug-likeness (QED) is 0.844. The Morgan fingerprint density at radius 2 is 2.17 bits per heavy atom. The number of imidazole rings is 1.